The molecule has 0 radical (unpaired) electrons. The Bertz CT molecular complexity index is 962. The van der Waals surface area contributed by atoms with E-state index >= 15 is 0 Å². The Labute approximate surface area is 164 Å². The highest BCUT2D eigenvalue weighted by Crippen LogP contribution is 2.27. The largest absolute Gasteiger partial charge is 0.481 e. The van der Waals surface area contributed by atoms with Crippen molar-refractivity contribution < 1.29 is 9.53 Å². The van der Waals surface area contributed by atoms with Gasteiger partial charge in [0.25, 0.3) is 5.91 Å². The minimum atomic E-state index is 0.0449. The van der Waals surface area contributed by atoms with Gasteiger partial charge in [-0.1, -0.05) is 18.2 Å². The number of carbonyl (C=O) groups is 1. The van der Waals surface area contributed by atoms with Crippen molar-refractivity contribution in [3.63, 3.8) is 0 Å². The molecule has 1 aromatic carbocycles. The molecule has 3 heterocycles. The average molecular weight is 374 g/mol. The topological polar surface area (TPSA) is 68.2 Å². The van der Waals surface area contributed by atoms with Crippen LogP contribution in [0.4, 0.5) is 0 Å². The van der Waals surface area contributed by atoms with Crippen LogP contribution in [-0.2, 0) is 0 Å². The van der Waals surface area contributed by atoms with E-state index in [0.29, 0.717) is 18.0 Å². The van der Waals surface area contributed by atoms with Crippen LogP contribution < -0.4 is 4.74 Å². The molecule has 0 saturated carbocycles. The lowest BCUT2D eigenvalue weighted by atomic mass is 9.94. The molecule has 142 valence electrons. The monoisotopic (exact) mass is 374 g/mol. The number of aromatic nitrogens is 3. The first-order chi connectivity index (χ1) is 13.7. The normalized spacial score (nSPS) is 16.6. The Morgan fingerprint density at radius 2 is 2.07 bits per heavy atom. The lowest BCUT2D eigenvalue weighted by Gasteiger charge is -2.32. The van der Waals surface area contributed by atoms with Gasteiger partial charge in [-0.2, -0.15) is 0 Å². The van der Waals surface area contributed by atoms with Crippen molar-refractivity contribution in [1.82, 2.24) is 19.9 Å². The van der Waals surface area contributed by atoms with Crippen molar-refractivity contribution in [3.05, 3.63) is 72.3 Å². The summed E-state index contributed by atoms with van der Waals surface area (Å²) in [6.45, 7) is 1.44. The Morgan fingerprint density at radius 3 is 2.89 bits per heavy atom. The summed E-state index contributed by atoms with van der Waals surface area (Å²) in [5.74, 6) is 0.852. The molecule has 1 aliphatic heterocycles. The van der Waals surface area contributed by atoms with Crippen molar-refractivity contribution in [2.75, 3.05) is 20.2 Å². The summed E-state index contributed by atoms with van der Waals surface area (Å²) >= 11 is 0. The molecule has 0 bridgehead atoms. The van der Waals surface area contributed by atoms with Gasteiger partial charge in [-0.3, -0.25) is 4.79 Å². The molecule has 1 fully saturated rings. The van der Waals surface area contributed by atoms with Crippen molar-refractivity contribution in [2.45, 2.75) is 18.8 Å². The van der Waals surface area contributed by atoms with Crippen LogP contribution >= 0.6 is 0 Å². The van der Waals surface area contributed by atoms with Crippen LogP contribution in [0.5, 0.6) is 5.88 Å². The number of likely N-dealkylation sites (tertiary alicyclic amines) is 1. The van der Waals surface area contributed by atoms with Crippen LogP contribution in [0.15, 0.2) is 61.1 Å². The summed E-state index contributed by atoms with van der Waals surface area (Å²) in [6.07, 6.45) is 5.33. The molecule has 0 N–H and O–H groups in total. The van der Waals surface area contributed by atoms with E-state index in [0.717, 1.165) is 36.3 Å². The van der Waals surface area contributed by atoms with Gasteiger partial charge in [0, 0.05) is 48.1 Å². The Morgan fingerprint density at radius 1 is 1.18 bits per heavy atom. The fourth-order valence-electron chi connectivity index (χ4n) is 3.63. The maximum absolute atomic E-state index is 13.1. The molecular weight excluding hydrogens is 352 g/mol. The van der Waals surface area contributed by atoms with Crippen molar-refractivity contribution in [1.29, 1.82) is 0 Å². The standard InChI is InChI=1S/C22H22N4O2/c1-28-21-9-3-8-20(25-21)16-5-2-6-17(13-16)22(27)26-12-4-7-18(14-26)19-10-11-23-15-24-19/h2-3,5-6,8-11,13,15,18H,4,7,12,14H2,1H3/t18-/m0/s1. The number of pyridine rings is 1. The van der Waals surface area contributed by atoms with Gasteiger partial charge in [0.2, 0.25) is 5.88 Å². The number of carbonyl (C=O) groups excluding carboxylic acids is 1. The molecule has 1 atom stereocenters. The summed E-state index contributed by atoms with van der Waals surface area (Å²) in [6, 6.07) is 15.2. The minimum absolute atomic E-state index is 0.0449. The molecule has 1 amide bonds. The molecule has 4 rings (SSSR count). The summed E-state index contributed by atoms with van der Waals surface area (Å²) in [5.41, 5.74) is 3.35. The summed E-state index contributed by atoms with van der Waals surface area (Å²) in [5, 5.41) is 0. The molecule has 28 heavy (non-hydrogen) atoms. The number of rotatable bonds is 4. The van der Waals surface area contributed by atoms with Crippen LogP contribution in [0.3, 0.4) is 0 Å². The maximum Gasteiger partial charge on any atom is 0.253 e. The predicted octanol–water partition coefficient (Wildman–Crippen LogP) is 3.57. The fraction of sp³-hybridized carbons (Fsp3) is 0.273. The maximum atomic E-state index is 13.1. The number of ether oxygens (including phenoxy) is 1. The molecule has 6 heteroatoms. The number of hydrogen-bond donors (Lipinski definition) is 0. The predicted molar refractivity (Wildman–Crippen MR) is 106 cm³/mol. The number of hydrogen-bond acceptors (Lipinski definition) is 5. The highest BCUT2D eigenvalue weighted by atomic mass is 16.5. The number of methoxy groups -OCH3 is 1. The average Bonchev–Trinajstić information content (AvgIpc) is 2.79. The molecule has 3 aromatic rings. The van der Waals surface area contributed by atoms with E-state index in [1.54, 1.807) is 25.7 Å². The molecule has 0 spiro atoms. The second kappa shape index (κ2) is 8.17. The molecular formula is C22H22N4O2. The zero-order valence-electron chi connectivity index (χ0n) is 15.8. The second-order valence-electron chi connectivity index (χ2n) is 6.87. The Kier molecular flexibility index (Phi) is 5.28. The van der Waals surface area contributed by atoms with Gasteiger partial charge in [0.05, 0.1) is 12.8 Å². The van der Waals surface area contributed by atoms with E-state index in [-0.39, 0.29) is 11.8 Å². The highest BCUT2D eigenvalue weighted by Gasteiger charge is 2.26. The molecule has 2 aromatic heterocycles. The first kappa shape index (κ1) is 18.1. The van der Waals surface area contributed by atoms with Crippen LogP contribution in [0.2, 0.25) is 0 Å². The van der Waals surface area contributed by atoms with E-state index < -0.39 is 0 Å². The summed E-state index contributed by atoms with van der Waals surface area (Å²) in [4.78, 5) is 27.9. The van der Waals surface area contributed by atoms with E-state index in [9.17, 15) is 4.79 Å². The number of piperidine rings is 1. The SMILES string of the molecule is COc1cccc(-c2cccc(C(=O)N3CCC[C@H](c4ccncn4)C3)c2)n1. The van der Waals surface area contributed by atoms with Gasteiger partial charge in [0.15, 0.2) is 0 Å². The number of amides is 1. The highest BCUT2D eigenvalue weighted by molar-refractivity contribution is 5.95. The van der Waals surface area contributed by atoms with Gasteiger partial charge in [0.1, 0.15) is 6.33 Å². The van der Waals surface area contributed by atoms with Gasteiger partial charge in [-0.05, 0) is 37.1 Å². The summed E-state index contributed by atoms with van der Waals surface area (Å²) in [7, 11) is 1.59. The number of nitrogens with zero attached hydrogens (tertiary/aromatic N) is 4. The zero-order chi connectivity index (χ0) is 19.3. The molecule has 6 nitrogen and oxygen atoms in total. The molecule has 1 aliphatic rings. The van der Waals surface area contributed by atoms with E-state index in [4.69, 9.17) is 4.74 Å². The van der Waals surface area contributed by atoms with Crippen LogP contribution in [0.1, 0.15) is 34.8 Å². The second-order valence-corrected chi connectivity index (χ2v) is 6.87. The van der Waals surface area contributed by atoms with E-state index in [1.165, 1.54) is 0 Å². The lowest BCUT2D eigenvalue weighted by molar-refractivity contribution is 0.0706. The van der Waals surface area contributed by atoms with Gasteiger partial charge in [-0.15, -0.1) is 0 Å². The minimum Gasteiger partial charge on any atom is -0.481 e. The van der Waals surface area contributed by atoms with Crippen LogP contribution in [0, 0.1) is 0 Å². The lowest BCUT2D eigenvalue weighted by Crippen LogP contribution is -2.39. The van der Waals surface area contributed by atoms with E-state index in [2.05, 4.69) is 15.0 Å². The van der Waals surface area contributed by atoms with Gasteiger partial charge in [-0.25, -0.2) is 15.0 Å². The molecule has 1 saturated heterocycles. The summed E-state index contributed by atoms with van der Waals surface area (Å²) < 4.78 is 5.21. The fourth-order valence-corrected chi connectivity index (χ4v) is 3.63. The van der Waals surface area contributed by atoms with Crippen molar-refractivity contribution in [2.24, 2.45) is 0 Å². The Hall–Kier alpha value is -3.28. The molecule has 0 aliphatic carbocycles. The third-order valence-corrected chi connectivity index (χ3v) is 5.07. The quantitative estimate of drug-likeness (QED) is 0.698. The first-order valence-corrected chi connectivity index (χ1v) is 9.41. The van der Waals surface area contributed by atoms with Gasteiger partial charge >= 0.3 is 0 Å². The van der Waals surface area contributed by atoms with Crippen molar-refractivity contribution in [3.8, 4) is 17.1 Å². The smallest absolute Gasteiger partial charge is 0.253 e. The zero-order valence-corrected chi connectivity index (χ0v) is 15.8. The van der Waals surface area contributed by atoms with Gasteiger partial charge < -0.3 is 9.64 Å². The Balaban J connectivity index is 1.54. The van der Waals surface area contributed by atoms with Crippen LogP contribution in [0.25, 0.3) is 11.3 Å². The third kappa shape index (κ3) is 3.86. The number of benzene rings is 1. The van der Waals surface area contributed by atoms with E-state index in [1.807, 2.05) is 47.4 Å². The van der Waals surface area contributed by atoms with Crippen molar-refractivity contribution >= 4 is 5.91 Å². The third-order valence-electron chi connectivity index (χ3n) is 5.07. The first-order valence-electron chi connectivity index (χ1n) is 9.41. The molecule has 0 unspecified atom stereocenters. The van der Waals surface area contributed by atoms with Crippen LogP contribution in [-0.4, -0.2) is 46.0 Å².